The highest BCUT2D eigenvalue weighted by molar-refractivity contribution is 9.10. The van der Waals surface area contributed by atoms with Crippen LogP contribution in [0.15, 0.2) is 22.7 Å². The zero-order valence-electron chi connectivity index (χ0n) is 15.1. The van der Waals surface area contributed by atoms with E-state index in [4.69, 9.17) is 9.47 Å². The molecule has 1 aromatic rings. The molecule has 0 spiro atoms. The highest BCUT2D eigenvalue weighted by Gasteiger charge is 2.27. The van der Waals surface area contributed by atoms with Crippen molar-refractivity contribution in [2.45, 2.75) is 52.6 Å². The topological polar surface area (TPSA) is 38.8 Å². The molecule has 5 heteroatoms. The number of piperidine rings is 1. The van der Waals surface area contributed by atoms with E-state index >= 15 is 0 Å². The van der Waals surface area contributed by atoms with Gasteiger partial charge in [0.25, 0.3) is 0 Å². The molecule has 1 saturated heterocycles. The van der Waals surface area contributed by atoms with E-state index in [0.717, 1.165) is 48.1 Å². The van der Waals surface area contributed by atoms with Gasteiger partial charge in [0.15, 0.2) is 0 Å². The first-order chi connectivity index (χ1) is 11.3. The average molecular weight is 398 g/mol. The maximum atomic E-state index is 12.2. The number of nitrogens with zero attached hydrogens (tertiary/aromatic N) is 1. The third kappa shape index (κ3) is 5.69. The van der Waals surface area contributed by atoms with Crippen LogP contribution in [0.5, 0.6) is 5.75 Å². The molecule has 0 bridgehead atoms. The Hall–Kier alpha value is -1.23. The van der Waals surface area contributed by atoms with Gasteiger partial charge in [-0.15, -0.1) is 0 Å². The van der Waals surface area contributed by atoms with Crippen LogP contribution >= 0.6 is 15.9 Å². The van der Waals surface area contributed by atoms with E-state index < -0.39 is 5.60 Å². The summed E-state index contributed by atoms with van der Waals surface area (Å²) >= 11 is 3.52. The largest absolute Gasteiger partial charge is 0.493 e. The van der Waals surface area contributed by atoms with E-state index in [2.05, 4.69) is 15.9 Å². The lowest BCUT2D eigenvalue weighted by Crippen LogP contribution is -2.43. The van der Waals surface area contributed by atoms with Gasteiger partial charge in [-0.05, 0) is 65.0 Å². The zero-order valence-corrected chi connectivity index (χ0v) is 16.7. The van der Waals surface area contributed by atoms with Crippen molar-refractivity contribution in [1.82, 2.24) is 4.90 Å². The van der Waals surface area contributed by atoms with Crippen LogP contribution in [0.2, 0.25) is 0 Å². The minimum atomic E-state index is -0.439. The third-order valence-corrected chi connectivity index (χ3v) is 5.03. The summed E-state index contributed by atoms with van der Waals surface area (Å²) in [5, 5.41) is 0. The fraction of sp³-hybridized carbons (Fsp3) is 0.632. The van der Waals surface area contributed by atoms with Gasteiger partial charge < -0.3 is 14.4 Å². The molecule has 1 fully saturated rings. The van der Waals surface area contributed by atoms with Gasteiger partial charge in [0.05, 0.1) is 6.61 Å². The van der Waals surface area contributed by atoms with Gasteiger partial charge in [-0.2, -0.15) is 0 Å². The molecule has 24 heavy (non-hydrogen) atoms. The van der Waals surface area contributed by atoms with E-state index in [9.17, 15) is 4.79 Å². The monoisotopic (exact) mass is 397 g/mol. The maximum absolute atomic E-state index is 12.2. The van der Waals surface area contributed by atoms with Crippen LogP contribution in [0, 0.1) is 12.8 Å². The lowest BCUT2D eigenvalue weighted by molar-refractivity contribution is 0.0154. The van der Waals surface area contributed by atoms with Crippen LogP contribution in [0.25, 0.3) is 0 Å². The minimum Gasteiger partial charge on any atom is -0.493 e. The van der Waals surface area contributed by atoms with E-state index in [1.807, 2.05) is 50.8 Å². The standard InChI is InChI=1S/C19H28BrNO3/c1-14-16(20)8-5-9-17(14)23-12-10-15-7-6-11-21(13-15)18(22)24-19(2,3)4/h5,8-9,15H,6-7,10-13H2,1-4H3. The first kappa shape index (κ1) is 19.1. The van der Waals surface area contributed by atoms with E-state index in [1.165, 1.54) is 0 Å². The molecule has 0 aliphatic carbocycles. The highest BCUT2D eigenvalue weighted by Crippen LogP contribution is 2.27. The number of carbonyl (C=O) groups excluding carboxylic acids is 1. The van der Waals surface area contributed by atoms with Crippen LogP contribution in [0.1, 0.15) is 45.6 Å². The lowest BCUT2D eigenvalue weighted by atomic mass is 9.95. The summed E-state index contributed by atoms with van der Waals surface area (Å²) in [6, 6.07) is 5.99. The van der Waals surface area contributed by atoms with Crippen molar-refractivity contribution in [2.75, 3.05) is 19.7 Å². The zero-order chi connectivity index (χ0) is 17.7. The number of amides is 1. The van der Waals surface area contributed by atoms with Gasteiger partial charge in [-0.25, -0.2) is 4.79 Å². The van der Waals surface area contributed by atoms with Gasteiger partial charge in [0, 0.05) is 23.1 Å². The number of ether oxygens (including phenoxy) is 2. The summed E-state index contributed by atoms with van der Waals surface area (Å²) in [4.78, 5) is 14.0. The smallest absolute Gasteiger partial charge is 0.410 e. The average Bonchev–Trinajstić information content (AvgIpc) is 2.50. The second kappa shape index (κ2) is 8.24. The molecule has 1 atom stereocenters. The summed E-state index contributed by atoms with van der Waals surface area (Å²) in [5.41, 5.74) is 0.683. The molecule has 2 rings (SSSR count). The Labute approximate surface area is 153 Å². The fourth-order valence-corrected chi connectivity index (χ4v) is 3.22. The van der Waals surface area contributed by atoms with Crippen molar-refractivity contribution < 1.29 is 14.3 Å². The molecule has 1 unspecified atom stereocenters. The fourth-order valence-electron chi connectivity index (χ4n) is 2.87. The molecule has 134 valence electrons. The summed E-state index contributed by atoms with van der Waals surface area (Å²) in [5.74, 6) is 1.39. The Bertz CT molecular complexity index is 568. The third-order valence-electron chi connectivity index (χ3n) is 4.17. The SMILES string of the molecule is Cc1c(Br)cccc1OCCC1CCCN(C(=O)OC(C)(C)C)C1. The molecule has 1 aliphatic rings. The van der Waals surface area contributed by atoms with Crippen molar-refractivity contribution in [3.05, 3.63) is 28.2 Å². The van der Waals surface area contributed by atoms with Crippen molar-refractivity contribution in [1.29, 1.82) is 0 Å². The molecule has 4 nitrogen and oxygen atoms in total. The molecule has 1 aliphatic heterocycles. The molecule has 1 amide bonds. The Kier molecular flexibility index (Phi) is 6.55. The molecule has 1 aromatic carbocycles. The Balaban J connectivity index is 1.81. The van der Waals surface area contributed by atoms with Crippen molar-refractivity contribution >= 4 is 22.0 Å². The van der Waals surface area contributed by atoms with Gasteiger partial charge in [0.1, 0.15) is 11.4 Å². The second-order valence-corrected chi connectivity index (χ2v) is 8.29. The number of benzene rings is 1. The van der Waals surface area contributed by atoms with Crippen LogP contribution in [0.4, 0.5) is 4.79 Å². The van der Waals surface area contributed by atoms with Gasteiger partial charge in [0.2, 0.25) is 0 Å². The molecule has 1 heterocycles. The molecule has 0 aromatic heterocycles. The van der Waals surface area contributed by atoms with E-state index in [-0.39, 0.29) is 6.09 Å². The van der Waals surface area contributed by atoms with Gasteiger partial charge in [-0.3, -0.25) is 0 Å². The predicted molar refractivity (Wildman–Crippen MR) is 99.5 cm³/mol. The molecular weight excluding hydrogens is 370 g/mol. The maximum Gasteiger partial charge on any atom is 0.410 e. The van der Waals surface area contributed by atoms with Crippen LogP contribution in [-0.2, 0) is 4.74 Å². The summed E-state index contributed by atoms with van der Waals surface area (Å²) < 4.78 is 12.5. The number of likely N-dealkylation sites (tertiary alicyclic amines) is 1. The highest BCUT2D eigenvalue weighted by atomic mass is 79.9. The molecular formula is C19H28BrNO3. The van der Waals surface area contributed by atoms with Gasteiger partial charge in [-0.1, -0.05) is 22.0 Å². The van der Waals surface area contributed by atoms with Crippen molar-refractivity contribution in [3.8, 4) is 5.75 Å². The van der Waals surface area contributed by atoms with Gasteiger partial charge >= 0.3 is 6.09 Å². The first-order valence-corrected chi connectivity index (χ1v) is 9.41. The number of hydrogen-bond acceptors (Lipinski definition) is 3. The number of hydrogen-bond donors (Lipinski definition) is 0. The Morgan fingerprint density at radius 1 is 1.38 bits per heavy atom. The number of halogens is 1. The number of carbonyl (C=O) groups is 1. The molecule has 0 saturated carbocycles. The Morgan fingerprint density at radius 3 is 2.83 bits per heavy atom. The minimum absolute atomic E-state index is 0.198. The Morgan fingerprint density at radius 2 is 2.12 bits per heavy atom. The summed E-state index contributed by atoms with van der Waals surface area (Å²) in [6.07, 6.45) is 2.92. The van der Waals surface area contributed by atoms with Crippen molar-refractivity contribution in [3.63, 3.8) is 0 Å². The second-order valence-electron chi connectivity index (χ2n) is 7.43. The predicted octanol–water partition coefficient (Wildman–Crippen LogP) is 5.17. The number of rotatable bonds is 4. The van der Waals surface area contributed by atoms with Crippen molar-refractivity contribution in [2.24, 2.45) is 5.92 Å². The van der Waals surface area contributed by atoms with Crippen LogP contribution < -0.4 is 4.74 Å². The van der Waals surface area contributed by atoms with E-state index in [0.29, 0.717) is 12.5 Å². The van der Waals surface area contributed by atoms with E-state index in [1.54, 1.807) is 0 Å². The summed E-state index contributed by atoms with van der Waals surface area (Å²) in [6.45, 7) is 9.97. The van der Waals surface area contributed by atoms with Crippen LogP contribution in [-0.4, -0.2) is 36.3 Å². The quantitative estimate of drug-likeness (QED) is 0.702. The van der Waals surface area contributed by atoms with Crippen LogP contribution in [0.3, 0.4) is 0 Å². The summed E-state index contributed by atoms with van der Waals surface area (Å²) in [7, 11) is 0. The normalized spacial score (nSPS) is 18.4. The lowest BCUT2D eigenvalue weighted by Gasteiger charge is -2.34. The molecule has 0 N–H and O–H groups in total. The molecule has 0 radical (unpaired) electrons. The first-order valence-electron chi connectivity index (χ1n) is 8.62.